The van der Waals surface area contributed by atoms with Crippen molar-refractivity contribution in [3.63, 3.8) is 0 Å². The second kappa shape index (κ2) is 4.83. The van der Waals surface area contributed by atoms with Gasteiger partial charge in [0.15, 0.2) is 6.29 Å². The van der Waals surface area contributed by atoms with E-state index in [0.29, 0.717) is 11.4 Å². The van der Waals surface area contributed by atoms with Crippen molar-refractivity contribution in [2.75, 3.05) is 7.11 Å². The van der Waals surface area contributed by atoms with E-state index in [0.717, 1.165) is 5.56 Å². The van der Waals surface area contributed by atoms with Gasteiger partial charge in [-0.05, 0) is 24.6 Å². The van der Waals surface area contributed by atoms with E-state index in [1.165, 1.54) is 7.11 Å². The summed E-state index contributed by atoms with van der Waals surface area (Å²) in [5.41, 5.74) is 1.55. The molecule has 0 bridgehead atoms. The van der Waals surface area contributed by atoms with Crippen LogP contribution in [0.15, 0.2) is 24.7 Å². The second-order valence-corrected chi connectivity index (χ2v) is 3.92. The maximum Gasteiger partial charge on any atom is 0.224 e. The lowest BCUT2D eigenvalue weighted by atomic mass is 10.3. The molecule has 2 aromatic heterocycles. The number of aliphatic hydroxyl groups is 1. The van der Waals surface area contributed by atoms with Crippen molar-refractivity contribution >= 4 is 11.6 Å². The summed E-state index contributed by atoms with van der Waals surface area (Å²) in [4.78, 5) is 8.03. The quantitative estimate of drug-likeness (QED) is 0.670. The maximum atomic E-state index is 9.52. The summed E-state index contributed by atoms with van der Waals surface area (Å²) in [7, 11) is 1.44. The number of methoxy groups -OCH3 is 1. The Balaban J connectivity index is 2.40. The lowest BCUT2D eigenvalue weighted by Crippen LogP contribution is -2.01. The van der Waals surface area contributed by atoms with Crippen LogP contribution in [-0.4, -0.2) is 26.8 Å². The van der Waals surface area contributed by atoms with Gasteiger partial charge in [0.05, 0.1) is 0 Å². The number of nitrogens with zero attached hydrogens (tertiary/aromatic N) is 3. The van der Waals surface area contributed by atoms with E-state index in [-0.39, 0.29) is 5.28 Å². The van der Waals surface area contributed by atoms with E-state index in [1.54, 1.807) is 29.2 Å². The van der Waals surface area contributed by atoms with Gasteiger partial charge in [-0.2, -0.15) is 4.98 Å². The summed E-state index contributed by atoms with van der Waals surface area (Å²) in [6, 6.07) is 1.75. The van der Waals surface area contributed by atoms with Gasteiger partial charge in [0.2, 0.25) is 5.28 Å². The Bertz CT molecular complexity index is 527. The predicted octanol–water partition coefficient (Wildman–Crippen LogP) is 1.87. The zero-order valence-electron chi connectivity index (χ0n) is 9.46. The summed E-state index contributed by atoms with van der Waals surface area (Å²) in [5.74, 6) is 0.680. The van der Waals surface area contributed by atoms with Crippen LogP contribution >= 0.6 is 11.6 Å². The van der Waals surface area contributed by atoms with Crippen molar-refractivity contribution in [2.24, 2.45) is 0 Å². The Morgan fingerprint density at radius 2 is 2.29 bits per heavy atom. The highest BCUT2D eigenvalue weighted by molar-refractivity contribution is 6.28. The molecule has 0 saturated heterocycles. The second-order valence-electron chi connectivity index (χ2n) is 3.59. The lowest BCUT2D eigenvalue weighted by Gasteiger charge is -2.07. The van der Waals surface area contributed by atoms with Gasteiger partial charge in [-0.1, -0.05) is 0 Å². The van der Waals surface area contributed by atoms with Gasteiger partial charge in [0, 0.05) is 36.8 Å². The molecule has 0 amide bonds. The summed E-state index contributed by atoms with van der Waals surface area (Å²) >= 11 is 5.75. The van der Waals surface area contributed by atoms with E-state index in [4.69, 9.17) is 16.3 Å². The van der Waals surface area contributed by atoms with E-state index in [1.807, 2.05) is 6.92 Å². The zero-order chi connectivity index (χ0) is 12.4. The Morgan fingerprint density at radius 3 is 3.00 bits per heavy atom. The fourth-order valence-electron chi connectivity index (χ4n) is 1.50. The van der Waals surface area contributed by atoms with E-state index < -0.39 is 6.29 Å². The molecule has 0 aromatic carbocycles. The number of aromatic nitrogens is 3. The molecule has 0 radical (unpaired) electrons. The van der Waals surface area contributed by atoms with Crippen molar-refractivity contribution in [1.29, 1.82) is 0 Å². The standard InChI is InChI=1S/C11H12ClN3O2/c1-7-5-13-11(12)14-9(7)15-4-3-8(6-15)10(16)17-2/h3-6,10,16H,1-2H3. The molecule has 17 heavy (non-hydrogen) atoms. The largest absolute Gasteiger partial charge is 0.364 e. The first-order valence-electron chi connectivity index (χ1n) is 5.00. The SMILES string of the molecule is COC(O)c1ccn(-c2nc(Cl)ncc2C)c1. The first-order valence-corrected chi connectivity index (χ1v) is 5.38. The Kier molecular flexibility index (Phi) is 3.42. The fourth-order valence-corrected chi connectivity index (χ4v) is 1.63. The van der Waals surface area contributed by atoms with Gasteiger partial charge in [0.25, 0.3) is 0 Å². The number of rotatable bonds is 3. The number of halogens is 1. The molecule has 1 unspecified atom stereocenters. The third kappa shape index (κ3) is 2.46. The van der Waals surface area contributed by atoms with E-state index >= 15 is 0 Å². The minimum absolute atomic E-state index is 0.188. The third-order valence-corrected chi connectivity index (χ3v) is 2.57. The monoisotopic (exact) mass is 253 g/mol. The molecule has 0 fully saturated rings. The molecular weight excluding hydrogens is 242 g/mol. The summed E-state index contributed by atoms with van der Waals surface area (Å²) in [5, 5.41) is 9.71. The number of ether oxygens (including phenoxy) is 1. The summed E-state index contributed by atoms with van der Waals surface area (Å²) < 4.78 is 6.59. The van der Waals surface area contributed by atoms with Gasteiger partial charge in [0.1, 0.15) is 5.82 Å². The van der Waals surface area contributed by atoms with Crippen molar-refractivity contribution in [2.45, 2.75) is 13.2 Å². The van der Waals surface area contributed by atoms with E-state index in [2.05, 4.69) is 9.97 Å². The van der Waals surface area contributed by atoms with Crippen LogP contribution in [0.5, 0.6) is 0 Å². The Morgan fingerprint density at radius 1 is 1.53 bits per heavy atom. The molecule has 2 aromatic rings. The van der Waals surface area contributed by atoms with Crippen molar-refractivity contribution in [1.82, 2.24) is 14.5 Å². The van der Waals surface area contributed by atoms with Gasteiger partial charge in [-0.3, -0.25) is 0 Å². The number of hydrogen-bond donors (Lipinski definition) is 1. The minimum Gasteiger partial charge on any atom is -0.364 e. The fraction of sp³-hybridized carbons (Fsp3) is 0.273. The molecule has 5 nitrogen and oxygen atoms in total. The molecule has 0 aliphatic rings. The predicted molar refractivity (Wildman–Crippen MR) is 63.1 cm³/mol. The van der Waals surface area contributed by atoms with Crippen LogP contribution in [0.3, 0.4) is 0 Å². The molecule has 0 saturated carbocycles. The van der Waals surface area contributed by atoms with Crippen LogP contribution in [0.25, 0.3) is 5.82 Å². The highest BCUT2D eigenvalue weighted by Gasteiger charge is 2.10. The molecular formula is C11H12ClN3O2. The average Bonchev–Trinajstić information content (AvgIpc) is 2.80. The molecule has 0 aliphatic carbocycles. The van der Waals surface area contributed by atoms with Crippen molar-refractivity contribution in [3.05, 3.63) is 41.1 Å². The average molecular weight is 254 g/mol. The molecule has 2 heterocycles. The van der Waals surface area contributed by atoms with Crippen LogP contribution in [0, 0.1) is 6.92 Å². The summed E-state index contributed by atoms with van der Waals surface area (Å²) in [6.45, 7) is 1.89. The van der Waals surface area contributed by atoms with Crippen molar-refractivity contribution in [3.8, 4) is 5.82 Å². The number of aryl methyl sites for hydroxylation is 1. The van der Waals surface area contributed by atoms with E-state index in [9.17, 15) is 5.11 Å². The van der Waals surface area contributed by atoms with Crippen LogP contribution < -0.4 is 0 Å². The normalized spacial score (nSPS) is 12.7. The van der Waals surface area contributed by atoms with Gasteiger partial charge >= 0.3 is 0 Å². The number of hydrogen-bond acceptors (Lipinski definition) is 4. The molecule has 0 aliphatic heterocycles. The topological polar surface area (TPSA) is 60.2 Å². The molecule has 2 rings (SSSR count). The molecule has 1 atom stereocenters. The van der Waals surface area contributed by atoms with Gasteiger partial charge < -0.3 is 14.4 Å². The maximum absolute atomic E-state index is 9.52. The lowest BCUT2D eigenvalue weighted by molar-refractivity contribution is -0.0768. The Hall–Kier alpha value is -1.43. The highest BCUT2D eigenvalue weighted by atomic mass is 35.5. The molecule has 0 spiro atoms. The van der Waals surface area contributed by atoms with Crippen LogP contribution in [0.1, 0.15) is 17.4 Å². The highest BCUT2D eigenvalue weighted by Crippen LogP contribution is 2.18. The van der Waals surface area contributed by atoms with Crippen LogP contribution in [-0.2, 0) is 4.74 Å². The smallest absolute Gasteiger partial charge is 0.224 e. The molecule has 6 heteroatoms. The van der Waals surface area contributed by atoms with Crippen LogP contribution in [0.4, 0.5) is 0 Å². The first kappa shape index (κ1) is 12.0. The zero-order valence-corrected chi connectivity index (χ0v) is 10.2. The van der Waals surface area contributed by atoms with Gasteiger partial charge in [-0.25, -0.2) is 4.98 Å². The molecule has 90 valence electrons. The Labute approximate surface area is 104 Å². The van der Waals surface area contributed by atoms with Crippen LogP contribution in [0.2, 0.25) is 5.28 Å². The minimum atomic E-state index is -0.936. The summed E-state index contributed by atoms with van der Waals surface area (Å²) in [6.07, 6.45) is 4.23. The first-order chi connectivity index (χ1) is 8.11. The number of aliphatic hydroxyl groups excluding tert-OH is 1. The third-order valence-electron chi connectivity index (χ3n) is 2.38. The molecule has 1 N–H and O–H groups in total. The van der Waals surface area contributed by atoms with Crippen molar-refractivity contribution < 1.29 is 9.84 Å². The van der Waals surface area contributed by atoms with Gasteiger partial charge in [-0.15, -0.1) is 0 Å².